The summed E-state index contributed by atoms with van der Waals surface area (Å²) in [5, 5.41) is 11.0. The number of allylic oxidation sites excluding steroid dienone is 5. The molecule has 0 spiro atoms. The van der Waals surface area contributed by atoms with Crippen LogP contribution in [0.15, 0.2) is 51.3 Å². The van der Waals surface area contributed by atoms with Crippen LogP contribution in [0.25, 0.3) is 6.08 Å². The van der Waals surface area contributed by atoms with E-state index in [1.807, 2.05) is 35.3 Å². The summed E-state index contributed by atoms with van der Waals surface area (Å²) < 4.78 is 0. The van der Waals surface area contributed by atoms with Crippen molar-refractivity contribution in [3.63, 3.8) is 0 Å². The van der Waals surface area contributed by atoms with Crippen LogP contribution in [0.4, 0.5) is 0 Å². The van der Waals surface area contributed by atoms with Crippen LogP contribution in [0.5, 0.6) is 0 Å². The van der Waals surface area contributed by atoms with Gasteiger partial charge in [0.15, 0.2) is 5.78 Å². The molecule has 0 radical (unpaired) electrons. The van der Waals surface area contributed by atoms with E-state index in [1.54, 1.807) is 0 Å². The molecule has 0 aromatic carbocycles. The average Bonchev–Trinajstić information content (AvgIpc) is 2.89. The van der Waals surface area contributed by atoms with Gasteiger partial charge in [0.1, 0.15) is 0 Å². The fourth-order valence-corrected chi connectivity index (χ4v) is 7.09. The molecule has 4 heteroatoms. The molecular formula is C32H45O2S2+. The molecule has 1 saturated carbocycles. The third kappa shape index (κ3) is 8.26. The number of hydrogen-bond donors (Lipinski definition) is 1. The fraction of sp³-hybridized carbons (Fsp3) is 0.562. The van der Waals surface area contributed by atoms with Gasteiger partial charge in [0.2, 0.25) is 21.1 Å². The molecule has 3 rings (SSSR count). The number of carbonyl (C=O) groups is 1. The monoisotopic (exact) mass is 525 g/mol. The van der Waals surface area contributed by atoms with Crippen LogP contribution in [0.1, 0.15) is 107 Å². The predicted octanol–water partition coefficient (Wildman–Crippen LogP) is 9.48. The Bertz CT molecular complexity index is 963. The second kappa shape index (κ2) is 15.1. The molecular weight excluding hydrogens is 480 g/mol. The van der Waals surface area contributed by atoms with Gasteiger partial charge < -0.3 is 5.11 Å². The lowest BCUT2D eigenvalue weighted by molar-refractivity contribution is -0.127. The highest BCUT2D eigenvalue weighted by Gasteiger charge is 2.42. The first-order chi connectivity index (χ1) is 17.5. The molecule has 0 saturated heterocycles. The maximum Gasteiger partial charge on any atom is 0.218 e. The first-order valence-electron chi connectivity index (χ1n) is 14.2. The van der Waals surface area contributed by atoms with Crippen molar-refractivity contribution >= 4 is 35.0 Å². The molecule has 196 valence electrons. The summed E-state index contributed by atoms with van der Waals surface area (Å²) >= 11 is 3.81. The molecule has 1 aliphatic heterocycles. The van der Waals surface area contributed by atoms with Gasteiger partial charge in [0, 0.05) is 30.5 Å². The number of Topliss-reactive ketones (excluding diaryl/α,β-unsaturated/α-hetero) is 1. The van der Waals surface area contributed by atoms with Crippen molar-refractivity contribution in [2.45, 2.75) is 111 Å². The van der Waals surface area contributed by atoms with E-state index in [9.17, 15) is 9.90 Å². The maximum atomic E-state index is 13.2. The lowest BCUT2D eigenvalue weighted by Crippen LogP contribution is -2.43. The summed E-state index contributed by atoms with van der Waals surface area (Å²) in [6, 6.07) is 4.44. The first kappa shape index (κ1) is 29.1. The molecule has 2 unspecified atom stereocenters. The molecule has 0 bridgehead atoms. The lowest BCUT2D eigenvalue weighted by Gasteiger charge is -2.32. The second-order valence-electron chi connectivity index (χ2n) is 10.2. The van der Waals surface area contributed by atoms with Gasteiger partial charge in [0.25, 0.3) is 0 Å². The van der Waals surface area contributed by atoms with Crippen molar-refractivity contribution in [2.24, 2.45) is 5.92 Å². The van der Waals surface area contributed by atoms with Crippen LogP contribution in [-0.2, 0) is 17.6 Å². The highest BCUT2D eigenvalue weighted by atomic mass is 32.2. The maximum absolute atomic E-state index is 13.2. The molecule has 1 aromatic rings. The number of unbranched alkanes of at least 4 members (excludes halogenated alkanes) is 4. The van der Waals surface area contributed by atoms with Crippen molar-refractivity contribution in [3.8, 4) is 0 Å². The standard InChI is InChI=1S/C32H45O2S2/c1-5-9-13-25-17-23(18-26(35-25)14-10-6-2)21-29-31(33)30(32(29)34)22-24-19-27(15-11-7-3)36-28(20-24)16-12-8-4/h17-22,29,31,33H,5-16H2,1-4H3/q+1/b30-22+. The zero-order chi connectivity index (χ0) is 25.9. The zero-order valence-corrected chi connectivity index (χ0v) is 24.4. The van der Waals surface area contributed by atoms with E-state index in [-0.39, 0.29) is 5.78 Å². The van der Waals surface area contributed by atoms with Crippen molar-refractivity contribution in [3.05, 3.63) is 66.6 Å². The van der Waals surface area contributed by atoms with E-state index < -0.39 is 12.0 Å². The highest BCUT2D eigenvalue weighted by Crippen LogP contribution is 2.40. The molecule has 1 aliphatic carbocycles. The smallest absolute Gasteiger partial charge is 0.218 e. The van der Waals surface area contributed by atoms with Gasteiger partial charge in [-0.2, -0.15) is 0 Å². The molecule has 36 heavy (non-hydrogen) atoms. The molecule has 1 N–H and O–H groups in total. The number of aliphatic hydroxyl groups excluding tert-OH is 1. The fourth-order valence-electron chi connectivity index (χ4n) is 4.65. The first-order valence-corrected chi connectivity index (χ1v) is 15.8. The van der Waals surface area contributed by atoms with Gasteiger partial charge in [-0.25, -0.2) is 0 Å². The Balaban J connectivity index is 1.80. The highest BCUT2D eigenvalue weighted by molar-refractivity contribution is 8.06. The van der Waals surface area contributed by atoms with Crippen LogP contribution < -0.4 is 0 Å². The third-order valence-corrected chi connectivity index (χ3v) is 9.22. The van der Waals surface area contributed by atoms with Crippen LogP contribution >= 0.6 is 23.1 Å². The third-order valence-electron chi connectivity index (χ3n) is 6.88. The Morgan fingerprint density at radius 2 is 1.33 bits per heavy atom. The Morgan fingerprint density at radius 3 is 1.81 bits per heavy atom. The Labute approximate surface area is 227 Å². The average molecular weight is 526 g/mol. The minimum absolute atomic E-state index is 0.0676. The van der Waals surface area contributed by atoms with Crippen molar-refractivity contribution < 1.29 is 9.90 Å². The van der Waals surface area contributed by atoms with Crippen LogP contribution in [0, 0.1) is 5.92 Å². The molecule has 1 aromatic heterocycles. The molecule has 2 aliphatic rings. The number of ketones is 1. The number of aliphatic hydroxyl groups is 1. The minimum Gasteiger partial charge on any atom is -0.387 e. The molecule has 2 heterocycles. The van der Waals surface area contributed by atoms with Gasteiger partial charge in [-0.3, -0.25) is 4.79 Å². The molecule has 0 amide bonds. The summed E-state index contributed by atoms with van der Waals surface area (Å²) in [6.45, 7) is 8.90. The predicted molar refractivity (Wildman–Crippen MR) is 159 cm³/mol. The SMILES string of the molecule is CCCCC1=CC(=CC2C(=O)/C(=C/c3cc(CCCC)[s+]c(CCCC)c3)C2O)C=C(CCCC)S1. The minimum atomic E-state index is -0.721. The van der Waals surface area contributed by atoms with Crippen LogP contribution in [0.3, 0.4) is 0 Å². The molecule has 2 nitrogen and oxygen atoms in total. The number of thioether (sulfide) groups is 1. The molecule has 2 atom stereocenters. The van der Waals surface area contributed by atoms with Gasteiger partial charge in [-0.05, 0) is 77.7 Å². The number of carbonyl (C=O) groups excluding carboxylic acids is 1. The van der Waals surface area contributed by atoms with Gasteiger partial charge in [-0.15, -0.1) is 0 Å². The Kier molecular flexibility index (Phi) is 12.2. The summed E-state index contributed by atoms with van der Waals surface area (Å²) in [4.78, 5) is 18.7. The normalized spacial score (nSPS) is 20.9. The second-order valence-corrected chi connectivity index (χ2v) is 12.7. The quantitative estimate of drug-likeness (QED) is 0.194. The molecule has 1 fully saturated rings. The summed E-state index contributed by atoms with van der Waals surface area (Å²) in [6.07, 6.45) is 21.5. The van der Waals surface area contributed by atoms with Crippen molar-refractivity contribution in [2.75, 3.05) is 0 Å². The number of hydrogen-bond acceptors (Lipinski definition) is 3. The van der Waals surface area contributed by atoms with Crippen LogP contribution in [0.2, 0.25) is 0 Å². The summed E-state index contributed by atoms with van der Waals surface area (Å²) in [5.41, 5.74) is 2.72. The largest absolute Gasteiger partial charge is 0.387 e. The van der Waals surface area contributed by atoms with E-state index in [2.05, 4.69) is 52.0 Å². The zero-order valence-electron chi connectivity index (χ0n) is 22.8. The Morgan fingerprint density at radius 1 is 0.833 bits per heavy atom. The summed E-state index contributed by atoms with van der Waals surface area (Å²) in [7, 11) is 0. The summed E-state index contributed by atoms with van der Waals surface area (Å²) in [5.74, 6) is -0.370. The van der Waals surface area contributed by atoms with E-state index in [1.165, 1.54) is 70.9 Å². The lowest BCUT2D eigenvalue weighted by atomic mass is 9.73. The van der Waals surface area contributed by atoms with E-state index in [0.717, 1.165) is 36.8 Å². The van der Waals surface area contributed by atoms with E-state index >= 15 is 0 Å². The van der Waals surface area contributed by atoms with Crippen molar-refractivity contribution in [1.29, 1.82) is 0 Å². The topological polar surface area (TPSA) is 37.3 Å². The number of aryl methyl sites for hydroxylation is 2. The van der Waals surface area contributed by atoms with Gasteiger partial charge >= 0.3 is 0 Å². The van der Waals surface area contributed by atoms with E-state index in [4.69, 9.17) is 0 Å². The Hall–Kier alpha value is -1.49. The van der Waals surface area contributed by atoms with Gasteiger partial charge in [-0.1, -0.05) is 71.2 Å². The van der Waals surface area contributed by atoms with Crippen molar-refractivity contribution in [1.82, 2.24) is 0 Å². The van der Waals surface area contributed by atoms with E-state index in [0.29, 0.717) is 5.57 Å². The number of rotatable bonds is 14. The van der Waals surface area contributed by atoms with Gasteiger partial charge in [0.05, 0.1) is 12.0 Å². The van der Waals surface area contributed by atoms with Crippen LogP contribution in [-0.4, -0.2) is 17.0 Å².